The van der Waals surface area contributed by atoms with Crippen molar-refractivity contribution < 1.29 is 4.21 Å². The van der Waals surface area contributed by atoms with E-state index in [1.165, 1.54) is 24.0 Å². The highest BCUT2D eigenvalue weighted by Crippen LogP contribution is 2.33. The van der Waals surface area contributed by atoms with Crippen LogP contribution in [0.3, 0.4) is 0 Å². The van der Waals surface area contributed by atoms with Crippen molar-refractivity contribution in [2.75, 3.05) is 13.6 Å². The molecule has 0 spiro atoms. The summed E-state index contributed by atoms with van der Waals surface area (Å²) in [6.45, 7) is 1.02. The molecule has 1 unspecified atom stereocenters. The molecule has 0 amide bonds. The van der Waals surface area contributed by atoms with Crippen LogP contribution in [-0.4, -0.2) is 17.8 Å². The number of hydrogen-bond donors (Lipinski definition) is 1. The maximum absolute atomic E-state index is 12.6. The summed E-state index contributed by atoms with van der Waals surface area (Å²) in [5.74, 6) is 0.595. The van der Waals surface area contributed by atoms with Gasteiger partial charge in [0, 0.05) is 16.3 Å². The molecule has 21 heavy (non-hydrogen) atoms. The summed E-state index contributed by atoms with van der Waals surface area (Å²) in [6, 6.07) is 16.1. The number of likely N-dealkylation sites (N-methyl/N-ethyl adjacent to an activating group) is 1. The van der Waals surface area contributed by atoms with Crippen molar-refractivity contribution in [1.29, 1.82) is 0 Å². The Bertz CT molecular complexity index is 639. The first-order chi connectivity index (χ1) is 10.3. The molecule has 0 aromatic heterocycles. The number of benzene rings is 2. The Labute approximate surface area is 129 Å². The van der Waals surface area contributed by atoms with Crippen LogP contribution in [0, 0.1) is 0 Å². The van der Waals surface area contributed by atoms with Gasteiger partial charge >= 0.3 is 0 Å². The lowest BCUT2D eigenvalue weighted by molar-refractivity contribution is 0.528. The summed E-state index contributed by atoms with van der Waals surface area (Å²) in [5.41, 5.74) is 2.81. The average Bonchev–Trinajstić information content (AvgIpc) is 2.55. The highest BCUT2D eigenvalue weighted by Gasteiger charge is 2.20. The SMILES string of the molecule is CNC[C@@H]1CCCc2cc(S(=O)c3ccccc3)ccc21. The van der Waals surface area contributed by atoms with Gasteiger partial charge in [-0.1, -0.05) is 24.3 Å². The van der Waals surface area contributed by atoms with Crippen molar-refractivity contribution in [3.05, 3.63) is 59.7 Å². The summed E-state index contributed by atoms with van der Waals surface area (Å²) in [5, 5.41) is 3.28. The van der Waals surface area contributed by atoms with Crippen LogP contribution in [0.1, 0.15) is 29.9 Å². The quantitative estimate of drug-likeness (QED) is 0.936. The smallest absolute Gasteiger partial charge is 0.0849 e. The molecule has 1 aliphatic rings. The van der Waals surface area contributed by atoms with Gasteiger partial charge in [-0.3, -0.25) is 0 Å². The Morgan fingerprint density at radius 2 is 1.95 bits per heavy atom. The lowest BCUT2D eigenvalue weighted by atomic mass is 9.83. The normalized spacial score (nSPS) is 19.0. The lowest BCUT2D eigenvalue weighted by Crippen LogP contribution is -2.21. The zero-order chi connectivity index (χ0) is 14.7. The molecule has 3 heteroatoms. The molecule has 0 saturated carbocycles. The molecule has 0 fully saturated rings. The molecule has 0 heterocycles. The fourth-order valence-electron chi connectivity index (χ4n) is 3.15. The lowest BCUT2D eigenvalue weighted by Gasteiger charge is -2.25. The van der Waals surface area contributed by atoms with E-state index in [1.807, 2.05) is 43.4 Å². The molecule has 1 N–H and O–H groups in total. The monoisotopic (exact) mass is 299 g/mol. The molecule has 2 nitrogen and oxygen atoms in total. The second-order valence-corrected chi connectivity index (χ2v) is 7.07. The van der Waals surface area contributed by atoms with Crippen LogP contribution < -0.4 is 5.32 Å². The van der Waals surface area contributed by atoms with Crippen molar-refractivity contribution >= 4 is 10.8 Å². The molecule has 2 aromatic carbocycles. The second kappa shape index (κ2) is 6.54. The number of nitrogens with one attached hydrogen (secondary N) is 1. The van der Waals surface area contributed by atoms with Crippen LogP contribution in [-0.2, 0) is 17.2 Å². The molecule has 110 valence electrons. The predicted molar refractivity (Wildman–Crippen MR) is 87.2 cm³/mol. The molecule has 3 rings (SSSR count). The fourth-order valence-corrected chi connectivity index (χ4v) is 4.26. The van der Waals surface area contributed by atoms with Gasteiger partial charge in [-0.15, -0.1) is 0 Å². The molecule has 2 atom stereocenters. The Balaban J connectivity index is 1.91. The summed E-state index contributed by atoms with van der Waals surface area (Å²) < 4.78 is 12.6. The van der Waals surface area contributed by atoms with Crippen LogP contribution in [0.5, 0.6) is 0 Å². The summed E-state index contributed by atoms with van der Waals surface area (Å²) in [6.07, 6.45) is 3.57. The number of fused-ring (bicyclic) bond motifs is 1. The maximum atomic E-state index is 12.6. The van der Waals surface area contributed by atoms with Gasteiger partial charge in [-0.25, -0.2) is 4.21 Å². The van der Waals surface area contributed by atoms with Gasteiger partial charge in [-0.2, -0.15) is 0 Å². The van der Waals surface area contributed by atoms with Gasteiger partial charge in [0.2, 0.25) is 0 Å². The van der Waals surface area contributed by atoms with E-state index < -0.39 is 10.8 Å². The van der Waals surface area contributed by atoms with Gasteiger partial charge in [0.25, 0.3) is 0 Å². The highest BCUT2D eigenvalue weighted by molar-refractivity contribution is 7.85. The van der Waals surface area contributed by atoms with E-state index in [0.29, 0.717) is 5.92 Å². The van der Waals surface area contributed by atoms with Gasteiger partial charge in [0.15, 0.2) is 0 Å². The van der Waals surface area contributed by atoms with Gasteiger partial charge in [-0.05, 0) is 67.6 Å². The standard InChI is InChI=1S/C18H21NOS/c1-19-13-15-7-5-6-14-12-17(10-11-18(14)15)21(20)16-8-3-2-4-9-16/h2-4,8-12,15,19H,5-7,13H2,1H3/t15-,21?/m0/s1. The Hall–Kier alpha value is -1.45. The molecular formula is C18H21NOS. The number of hydrogen-bond acceptors (Lipinski definition) is 2. The summed E-state index contributed by atoms with van der Waals surface area (Å²) >= 11 is 0. The third-order valence-corrected chi connectivity index (χ3v) is 5.56. The second-order valence-electron chi connectivity index (χ2n) is 5.59. The molecule has 0 saturated heterocycles. The zero-order valence-electron chi connectivity index (χ0n) is 12.3. The average molecular weight is 299 g/mol. The molecule has 0 bridgehead atoms. The van der Waals surface area contributed by atoms with Crippen LogP contribution in [0.4, 0.5) is 0 Å². The topological polar surface area (TPSA) is 29.1 Å². The first-order valence-electron chi connectivity index (χ1n) is 7.54. The van der Waals surface area contributed by atoms with Gasteiger partial charge in [0.05, 0.1) is 10.8 Å². The third kappa shape index (κ3) is 3.09. The van der Waals surface area contributed by atoms with Crippen LogP contribution in [0.2, 0.25) is 0 Å². The number of aryl methyl sites for hydroxylation is 1. The third-order valence-electron chi connectivity index (χ3n) is 4.17. The molecule has 0 aliphatic heterocycles. The minimum atomic E-state index is -1.08. The van der Waals surface area contributed by atoms with E-state index in [2.05, 4.69) is 17.4 Å². The van der Waals surface area contributed by atoms with Crippen molar-refractivity contribution in [3.8, 4) is 0 Å². The van der Waals surface area contributed by atoms with E-state index in [0.717, 1.165) is 22.8 Å². The van der Waals surface area contributed by atoms with Crippen molar-refractivity contribution in [1.82, 2.24) is 5.32 Å². The van der Waals surface area contributed by atoms with E-state index in [9.17, 15) is 4.21 Å². The molecule has 1 aliphatic carbocycles. The predicted octanol–water partition coefficient (Wildman–Crippen LogP) is 3.49. The number of rotatable bonds is 4. The van der Waals surface area contributed by atoms with Crippen LogP contribution >= 0.6 is 0 Å². The Morgan fingerprint density at radius 1 is 1.14 bits per heavy atom. The Morgan fingerprint density at radius 3 is 2.71 bits per heavy atom. The van der Waals surface area contributed by atoms with Crippen molar-refractivity contribution in [2.45, 2.75) is 35.0 Å². The summed E-state index contributed by atoms with van der Waals surface area (Å²) in [7, 11) is 0.932. The first-order valence-corrected chi connectivity index (χ1v) is 8.69. The van der Waals surface area contributed by atoms with Crippen LogP contribution in [0.15, 0.2) is 58.3 Å². The Kier molecular flexibility index (Phi) is 4.51. The van der Waals surface area contributed by atoms with Crippen molar-refractivity contribution in [2.24, 2.45) is 0 Å². The van der Waals surface area contributed by atoms with Crippen molar-refractivity contribution in [3.63, 3.8) is 0 Å². The van der Waals surface area contributed by atoms with E-state index >= 15 is 0 Å². The minimum absolute atomic E-state index is 0.595. The van der Waals surface area contributed by atoms with E-state index in [4.69, 9.17) is 0 Å². The fraction of sp³-hybridized carbons (Fsp3) is 0.333. The summed E-state index contributed by atoms with van der Waals surface area (Å²) in [4.78, 5) is 1.80. The van der Waals surface area contributed by atoms with E-state index in [-0.39, 0.29) is 0 Å². The molecular weight excluding hydrogens is 278 g/mol. The van der Waals surface area contributed by atoms with Gasteiger partial charge < -0.3 is 5.32 Å². The zero-order valence-corrected chi connectivity index (χ0v) is 13.2. The molecule has 2 aromatic rings. The maximum Gasteiger partial charge on any atom is 0.0849 e. The van der Waals surface area contributed by atoms with E-state index in [1.54, 1.807) is 0 Å². The first kappa shape index (κ1) is 14.5. The van der Waals surface area contributed by atoms with Crippen LogP contribution in [0.25, 0.3) is 0 Å². The van der Waals surface area contributed by atoms with Gasteiger partial charge in [0.1, 0.15) is 0 Å². The largest absolute Gasteiger partial charge is 0.319 e. The molecule has 0 radical (unpaired) electrons. The highest BCUT2D eigenvalue weighted by atomic mass is 32.2. The minimum Gasteiger partial charge on any atom is -0.319 e.